The summed E-state index contributed by atoms with van der Waals surface area (Å²) >= 11 is 0. The van der Waals surface area contributed by atoms with Crippen LogP contribution in [0.4, 0.5) is 0 Å². The Bertz CT molecular complexity index is 8.00. The molecule has 0 amide bonds. The molecule has 0 fully saturated rings. The van der Waals surface area contributed by atoms with E-state index in [-0.39, 0.29) is 48.4 Å². The first kappa shape index (κ1) is 78.3. The Morgan fingerprint density at radius 2 is 1.00 bits per heavy atom. The lowest BCUT2D eigenvalue weighted by atomic mass is 12.0. The van der Waals surface area contributed by atoms with E-state index in [0.29, 0.717) is 0 Å². The molecule has 4 heavy (non-hydrogen) atoms. The van der Waals surface area contributed by atoms with Gasteiger partial charge in [-0.05, 0) is 0 Å². The van der Waals surface area contributed by atoms with Gasteiger partial charge in [0.15, 0.2) is 0 Å². The summed E-state index contributed by atoms with van der Waals surface area (Å²) in [6.07, 6.45) is 0. The number of hydrogen-bond donors (Lipinski definition) is 0. The van der Waals surface area contributed by atoms with Gasteiger partial charge in [-0.2, -0.15) is 0 Å². The van der Waals surface area contributed by atoms with Crippen LogP contribution in [0.1, 0.15) is 7.43 Å². The van der Waals surface area contributed by atoms with E-state index in [0.717, 1.165) is 0 Å². The van der Waals surface area contributed by atoms with Crippen molar-refractivity contribution in [3.8, 4) is 0 Å². The first-order valence-corrected chi connectivity index (χ1v) is 0. The summed E-state index contributed by atoms with van der Waals surface area (Å²) in [5.74, 6) is 0. The molecule has 0 unspecified atom stereocenters. The lowest BCUT2D eigenvalue weighted by Crippen LogP contribution is -0.381. The lowest BCUT2D eigenvalue weighted by molar-refractivity contribution is 0.824. The molecule has 0 atom stereocenters. The Morgan fingerprint density at radius 1 is 1.00 bits per heavy atom. The van der Waals surface area contributed by atoms with Gasteiger partial charge in [0.1, 0.15) is 0 Å². The van der Waals surface area contributed by atoms with Crippen LogP contribution >= 0.6 is 12.4 Å². The van der Waals surface area contributed by atoms with Crippen LogP contribution in [-0.2, 0) is 0 Å². The van der Waals surface area contributed by atoms with Crippen LogP contribution < -0.4 is 0 Å². The molecule has 0 heterocycles. The first-order chi connectivity index (χ1) is 0. The maximum absolute atomic E-state index is 0. The maximum atomic E-state index is 0. The van der Waals surface area contributed by atoms with E-state index in [9.17, 15) is 0 Å². The van der Waals surface area contributed by atoms with E-state index in [1.807, 2.05) is 0 Å². The number of hydrogen-bond acceptors (Lipinski definition) is 0. The minimum Gasteiger partial charge on any atom is -0.412 e. The van der Waals surface area contributed by atoms with Crippen molar-refractivity contribution in [3.63, 3.8) is 0 Å². The van der Waals surface area contributed by atoms with Crippen molar-refractivity contribution < 1.29 is 5.48 Å². The molecule has 0 rings (SSSR count). The Labute approximate surface area is 48.6 Å². The van der Waals surface area contributed by atoms with Crippen LogP contribution in [0.5, 0.6) is 0 Å². The van der Waals surface area contributed by atoms with Gasteiger partial charge >= 0.3 is 0 Å². The molecule has 0 bridgehead atoms. The predicted molar refractivity (Wildman–Crippen MR) is 23.3 cm³/mol. The fourth-order valence-electron chi connectivity index (χ4n) is 0. The summed E-state index contributed by atoms with van der Waals surface area (Å²) < 4.78 is 0. The first-order valence-electron chi connectivity index (χ1n) is 0. The zero-order chi connectivity index (χ0) is 0. The van der Waals surface area contributed by atoms with Gasteiger partial charge in [-0.25, -0.2) is 0 Å². The minimum absolute atomic E-state index is 0. The Hall–Kier alpha value is 1.02. The molecule has 0 aliphatic rings. The van der Waals surface area contributed by atoms with Crippen LogP contribution in [0, 0.1) is 0 Å². The van der Waals surface area contributed by atoms with Crippen molar-refractivity contribution in [2.45, 2.75) is 7.43 Å². The summed E-state index contributed by atoms with van der Waals surface area (Å²) in [5.41, 5.74) is 0. The smallest absolute Gasteiger partial charge is 0 e. The van der Waals surface area contributed by atoms with Crippen molar-refractivity contribution >= 4 is 35.5 Å². The largest absolute Gasteiger partial charge is 0.412 e. The third-order valence-corrected chi connectivity index (χ3v) is 0. The maximum Gasteiger partial charge on any atom is 0 e. The molecule has 0 aliphatic heterocycles. The van der Waals surface area contributed by atoms with Crippen LogP contribution in [0.3, 0.4) is 0 Å². The van der Waals surface area contributed by atoms with E-state index in [4.69, 9.17) is 0 Å². The molecule has 0 aliphatic carbocycles. The summed E-state index contributed by atoms with van der Waals surface area (Å²) in [6, 6.07) is 0. The van der Waals surface area contributed by atoms with Gasteiger partial charge in [-0.15, -0.1) is 12.4 Å². The zero-order valence-electron chi connectivity index (χ0n) is 1.62. The second-order valence-corrected chi connectivity index (χ2v) is 0. The molecule has 0 spiro atoms. The van der Waals surface area contributed by atoms with E-state index >= 15 is 0 Å². The highest BCUT2D eigenvalue weighted by Gasteiger charge is 0.0000224. The highest BCUT2D eigenvalue weighted by Crippen LogP contribution is 0.690. The molecule has 3 heteroatoms. The summed E-state index contributed by atoms with van der Waals surface area (Å²) in [7, 11) is 0. The Kier molecular flexibility index (Phi) is 693. The van der Waals surface area contributed by atoms with Gasteiger partial charge in [-0.1, -0.05) is 7.43 Å². The summed E-state index contributed by atoms with van der Waals surface area (Å²) in [6.45, 7) is 0. The van der Waals surface area contributed by atoms with Crippen molar-refractivity contribution in [1.82, 2.24) is 0 Å². The van der Waals surface area contributed by atoms with Gasteiger partial charge in [0.2, 0.25) is 0 Å². The average Bonchev–Trinajstić information content (AvgIpc) is 0. The van der Waals surface area contributed by atoms with Crippen LogP contribution in [0.2, 0.25) is 0 Å². The van der Waals surface area contributed by atoms with E-state index in [1.54, 1.807) is 0 Å². The third-order valence-electron chi connectivity index (χ3n) is 0. The average molecular weight is 94.8 g/mol. The fourth-order valence-corrected chi connectivity index (χ4v) is 0. The number of halogens is 1. The normalized spacial score (nSPS) is 0. The van der Waals surface area contributed by atoms with Gasteiger partial charge in [0, 0.05) is 23.1 Å². The molecule has 0 saturated heterocycles. The minimum atomic E-state index is 0. The van der Waals surface area contributed by atoms with Crippen LogP contribution in [-0.4, -0.2) is 28.5 Å². The van der Waals surface area contributed by atoms with Crippen LogP contribution in [0.15, 0.2) is 0 Å². The quantitative estimate of drug-likeness (QED) is 0.374. The molecule has 0 aromatic rings. The standard InChI is InChI=1S/CH4.ClH.Mg.H2O/h1H4;1H;;1H2. The van der Waals surface area contributed by atoms with E-state index in [2.05, 4.69) is 0 Å². The molecule has 2 radical (unpaired) electrons. The van der Waals surface area contributed by atoms with Gasteiger partial charge in [0.05, 0.1) is 0 Å². The molecule has 0 aromatic heterocycles. The van der Waals surface area contributed by atoms with Crippen molar-refractivity contribution in [1.29, 1.82) is 0 Å². The molecule has 0 aromatic carbocycles. The Balaban J connectivity index is 0. The van der Waals surface area contributed by atoms with Crippen LogP contribution in [0.25, 0.3) is 0 Å². The molecule has 1 nitrogen and oxygen atoms in total. The second kappa shape index (κ2) is 35.4. The SMILES string of the molecule is C.Cl.O.[Mg]. The molecular weight excluding hydrogens is 87.8 g/mol. The summed E-state index contributed by atoms with van der Waals surface area (Å²) in [4.78, 5) is 0. The highest BCUT2D eigenvalue weighted by molar-refractivity contribution is 5.85. The molecule has 0 saturated carbocycles. The van der Waals surface area contributed by atoms with Crippen molar-refractivity contribution in [2.24, 2.45) is 0 Å². The third kappa shape index (κ3) is 11.9. The predicted octanol–water partition coefficient (Wildman–Crippen LogP) is -0.148. The van der Waals surface area contributed by atoms with Crippen molar-refractivity contribution in [2.75, 3.05) is 0 Å². The Morgan fingerprint density at radius 3 is 1.00 bits per heavy atom. The van der Waals surface area contributed by atoms with Crippen molar-refractivity contribution in [3.05, 3.63) is 0 Å². The van der Waals surface area contributed by atoms with Gasteiger partial charge in [-0.3, -0.25) is 0 Å². The topological polar surface area (TPSA) is 31.5 Å². The molecule has 2 N–H and O–H groups in total. The monoisotopic (exact) mass is 94.0 g/mol. The van der Waals surface area contributed by atoms with Gasteiger partial charge < -0.3 is 5.48 Å². The molecule has 26 valence electrons. The van der Waals surface area contributed by atoms with E-state index < -0.39 is 0 Å². The van der Waals surface area contributed by atoms with Gasteiger partial charge in [0.25, 0.3) is 0 Å². The number of rotatable bonds is 0. The zero-order valence-corrected chi connectivity index (χ0v) is 3.85. The fraction of sp³-hybridized carbons (Fsp3) is 1.00. The lowest BCUT2D eigenvalue weighted by Gasteiger charge is -0.412. The molecular formula is CH7ClMgO. The highest BCUT2D eigenvalue weighted by atomic mass is 35.5. The summed E-state index contributed by atoms with van der Waals surface area (Å²) in [5, 5.41) is 0. The second-order valence-electron chi connectivity index (χ2n) is 0. The van der Waals surface area contributed by atoms with E-state index in [1.165, 1.54) is 0 Å².